The molecule has 0 aliphatic heterocycles. The van der Waals surface area contributed by atoms with Crippen molar-refractivity contribution < 1.29 is 22.7 Å². The van der Waals surface area contributed by atoms with Crippen LogP contribution in [0.5, 0.6) is 5.75 Å². The van der Waals surface area contributed by atoms with E-state index in [0.717, 1.165) is 5.56 Å². The molecule has 1 aromatic rings. The van der Waals surface area contributed by atoms with E-state index in [1.54, 1.807) is 0 Å². The number of alkyl halides is 4. The summed E-state index contributed by atoms with van der Waals surface area (Å²) >= 11 is 3.19. The van der Waals surface area contributed by atoms with Gasteiger partial charge in [0.25, 0.3) is 0 Å². The zero-order valence-corrected chi connectivity index (χ0v) is 10.5. The fourth-order valence-corrected chi connectivity index (χ4v) is 1.55. The number of hydrogen-bond donors (Lipinski definition) is 0. The Hall–Kier alpha value is -1.04. The summed E-state index contributed by atoms with van der Waals surface area (Å²) in [6.45, 7) is 1.44. The topological polar surface area (TPSA) is 26.3 Å². The standard InChI is InChI=1S/C11H10BrF3O2/c1-7(16)10(12)6-8-2-4-9(5-3-8)17-11(13,14)15/h2-5,10H,6H2,1H3. The third-order valence-corrected chi connectivity index (χ3v) is 2.98. The molecule has 1 unspecified atom stereocenters. The first-order chi connectivity index (χ1) is 7.78. The van der Waals surface area contributed by atoms with Gasteiger partial charge in [0.1, 0.15) is 11.5 Å². The predicted octanol–water partition coefficient (Wildman–Crippen LogP) is 3.48. The SMILES string of the molecule is CC(=O)C(Br)Cc1ccc(OC(F)(F)F)cc1. The molecule has 0 saturated heterocycles. The molecule has 1 rings (SSSR count). The summed E-state index contributed by atoms with van der Waals surface area (Å²) in [5.74, 6) is -0.296. The minimum absolute atomic E-state index is 0.0272. The molecular formula is C11H10BrF3O2. The molecule has 0 heterocycles. The highest BCUT2D eigenvalue weighted by Crippen LogP contribution is 2.23. The highest BCUT2D eigenvalue weighted by Gasteiger charge is 2.30. The molecule has 94 valence electrons. The van der Waals surface area contributed by atoms with Crippen molar-refractivity contribution in [2.24, 2.45) is 0 Å². The third kappa shape index (κ3) is 5.21. The van der Waals surface area contributed by atoms with Crippen LogP contribution in [-0.4, -0.2) is 17.0 Å². The lowest BCUT2D eigenvalue weighted by atomic mass is 10.1. The molecule has 0 amide bonds. The van der Waals surface area contributed by atoms with Gasteiger partial charge >= 0.3 is 6.36 Å². The first-order valence-corrected chi connectivity index (χ1v) is 5.69. The van der Waals surface area contributed by atoms with Crippen LogP contribution in [0, 0.1) is 0 Å². The Balaban J connectivity index is 2.65. The maximum Gasteiger partial charge on any atom is 0.573 e. The van der Waals surface area contributed by atoms with Gasteiger partial charge in [0.2, 0.25) is 0 Å². The van der Waals surface area contributed by atoms with Crippen molar-refractivity contribution in [1.29, 1.82) is 0 Å². The Kier molecular flexibility index (Phi) is 4.56. The van der Waals surface area contributed by atoms with E-state index in [1.165, 1.54) is 31.2 Å². The number of rotatable bonds is 4. The lowest BCUT2D eigenvalue weighted by molar-refractivity contribution is -0.274. The normalized spacial score (nSPS) is 13.2. The molecule has 17 heavy (non-hydrogen) atoms. The molecule has 0 aliphatic rings. The molecule has 0 saturated carbocycles. The zero-order chi connectivity index (χ0) is 13.1. The van der Waals surface area contributed by atoms with Gasteiger partial charge in [0.15, 0.2) is 0 Å². The van der Waals surface area contributed by atoms with E-state index in [4.69, 9.17) is 0 Å². The fourth-order valence-electron chi connectivity index (χ4n) is 1.18. The van der Waals surface area contributed by atoms with Crippen LogP contribution in [0.2, 0.25) is 0 Å². The second kappa shape index (κ2) is 5.53. The van der Waals surface area contributed by atoms with Crippen molar-refractivity contribution in [1.82, 2.24) is 0 Å². The van der Waals surface area contributed by atoms with Crippen LogP contribution in [0.25, 0.3) is 0 Å². The predicted molar refractivity (Wildman–Crippen MR) is 60.2 cm³/mol. The molecule has 0 aliphatic carbocycles. The molecule has 0 N–H and O–H groups in total. The molecule has 0 aromatic heterocycles. The Labute approximate surface area is 105 Å². The average molecular weight is 311 g/mol. The molecule has 0 spiro atoms. The quantitative estimate of drug-likeness (QED) is 0.796. The second-order valence-corrected chi connectivity index (χ2v) is 4.58. The Morgan fingerprint density at radius 3 is 2.29 bits per heavy atom. The van der Waals surface area contributed by atoms with Crippen molar-refractivity contribution >= 4 is 21.7 Å². The van der Waals surface area contributed by atoms with Crippen molar-refractivity contribution in [3.63, 3.8) is 0 Å². The number of ketones is 1. The summed E-state index contributed by atoms with van der Waals surface area (Å²) in [6, 6.07) is 5.45. The lowest BCUT2D eigenvalue weighted by Gasteiger charge is -2.10. The van der Waals surface area contributed by atoms with Gasteiger partial charge in [-0.2, -0.15) is 0 Å². The van der Waals surface area contributed by atoms with Crippen LogP contribution in [0.3, 0.4) is 0 Å². The summed E-state index contributed by atoms with van der Waals surface area (Å²) in [5.41, 5.74) is 0.761. The first-order valence-electron chi connectivity index (χ1n) is 4.77. The zero-order valence-electron chi connectivity index (χ0n) is 8.92. The van der Waals surface area contributed by atoms with Crippen molar-refractivity contribution in [2.75, 3.05) is 0 Å². The van der Waals surface area contributed by atoms with Crippen molar-refractivity contribution in [3.8, 4) is 5.75 Å². The summed E-state index contributed by atoms with van der Waals surface area (Å²) in [7, 11) is 0. The number of carbonyl (C=O) groups excluding carboxylic acids is 1. The van der Waals surface area contributed by atoms with E-state index in [9.17, 15) is 18.0 Å². The van der Waals surface area contributed by atoms with E-state index in [0.29, 0.717) is 6.42 Å². The van der Waals surface area contributed by atoms with Crippen molar-refractivity contribution in [2.45, 2.75) is 24.5 Å². The highest BCUT2D eigenvalue weighted by molar-refractivity contribution is 9.10. The van der Waals surface area contributed by atoms with Crippen molar-refractivity contribution in [3.05, 3.63) is 29.8 Å². The van der Waals surface area contributed by atoms with Gasteiger partial charge in [-0.05, 0) is 31.0 Å². The third-order valence-electron chi connectivity index (χ3n) is 2.01. The molecule has 0 fully saturated rings. The average Bonchev–Trinajstić information content (AvgIpc) is 2.18. The fraction of sp³-hybridized carbons (Fsp3) is 0.364. The Morgan fingerprint density at radius 1 is 1.35 bits per heavy atom. The van der Waals surface area contributed by atoms with Crippen LogP contribution in [0.1, 0.15) is 12.5 Å². The van der Waals surface area contributed by atoms with Crippen LogP contribution in [-0.2, 0) is 11.2 Å². The van der Waals surface area contributed by atoms with Gasteiger partial charge in [0.05, 0.1) is 4.83 Å². The number of hydrogen-bond acceptors (Lipinski definition) is 2. The summed E-state index contributed by atoms with van der Waals surface area (Å²) < 4.78 is 39.4. The minimum atomic E-state index is -4.68. The molecule has 6 heteroatoms. The second-order valence-electron chi connectivity index (χ2n) is 3.47. The van der Waals surface area contributed by atoms with Gasteiger partial charge in [0, 0.05) is 0 Å². The van der Waals surface area contributed by atoms with Gasteiger partial charge in [-0.1, -0.05) is 28.1 Å². The lowest BCUT2D eigenvalue weighted by Crippen LogP contribution is -2.17. The number of Topliss-reactive ketones (excluding diaryl/α,β-unsaturated/α-hetero) is 1. The van der Waals surface area contributed by atoms with Crippen LogP contribution < -0.4 is 4.74 Å². The van der Waals surface area contributed by atoms with E-state index < -0.39 is 6.36 Å². The van der Waals surface area contributed by atoms with E-state index in [1.807, 2.05) is 0 Å². The maximum atomic E-state index is 11.9. The van der Waals surface area contributed by atoms with Crippen LogP contribution in [0.15, 0.2) is 24.3 Å². The number of carbonyl (C=O) groups is 1. The molecule has 2 nitrogen and oxygen atoms in total. The summed E-state index contributed by atoms with van der Waals surface area (Å²) in [6.07, 6.45) is -4.25. The van der Waals surface area contributed by atoms with Gasteiger partial charge < -0.3 is 4.74 Å². The van der Waals surface area contributed by atoms with Crippen LogP contribution in [0.4, 0.5) is 13.2 Å². The van der Waals surface area contributed by atoms with E-state index in [-0.39, 0.29) is 16.4 Å². The molecule has 0 radical (unpaired) electrons. The number of halogens is 4. The van der Waals surface area contributed by atoms with Crippen LogP contribution >= 0.6 is 15.9 Å². The first kappa shape index (κ1) is 14.0. The molecular weight excluding hydrogens is 301 g/mol. The Morgan fingerprint density at radius 2 is 1.88 bits per heavy atom. The summed E-state index contributed by atoms with van der Waals surface area (Å²) in [4.78, 5) is 10.7. The largest absolute Gasteiger partial charge is 0.573 e. The Bertz CT molecular complexity index is 387. The number of ether oxygens (including phenoxy) is 1. The van der Waals surface area contributed by atoms with Gasteiger partial charge in [-0.25, -0.2) is 0 Å². The summed E-state index contributed by atoms with van der Waals surface area (Å²) in [5, 5.41) is 0. The van der Waals surface area contributed by atoms with Gasteiger partial charge in [-0.3, -0.25) is 4.79 Å². The number of benzene rings is 1. The molecule has 1 aromatic carbocycles. The molecule has 1 atom stereocenters. The minimum Gasteiger partial charge on any atom is -0.406 e. The van der Waals surface area contributed by atoms with E-state index in [2.05, 4.69) is 20.7 Å². The highest BCUT2D eigenvalue weighted by atomic mass is 79.9. The smallest absolute Gasteiger partial charge is 0.406 e. The maximum absolute atomic E-state index is 11.9. The monoisotopic (exact) mass is 310 g/mol. The van der Waals surface area contributed by atoms with E-state index >= 15 is 0 Å². The van der Waals surface area contributed by atoms with Gasteiger partial charge in [-0.15, -0.1) is 13.2 Å². The molecule has 0 bridgehead atoms.